The molecule has 4 nitrogen and oxygen atoms in total. The molecule has 1 N–H and O–H groups in total. The lowest BCUT2D eigenvalue weighted by Crippen LogP contribution is -2.15. The van der Waals surface area contributed by atoms with Crippen molar-refractivity contribution in [1.29, 1.82) is 0 Å². The molecule has 0 fully saturated rings. The quantitative estimate of drug-likeness (QED) is 0.939. The fraction of sp³-hybridized carbons (Fsp3) is 0.250. The highest BCUT2D eigenvalue weighted by atomic mass is 79.9. The Morgan fingerprint density at radius 2 is 2.06 bits per heavy atom. The number of nitrogens with one attached hydrogen (secondary N) is 1. The van der Waals surface area contributed by atoms with Crippen LogP contribution in [0.1, 0.15) is 5.01 Å². The summed E-state index contributed by atoms with van der Waals surface area (Å²) in [6.45, 7) is 1.90. The number of ether oxygens (including phenoxy) is 2. The molecule has 0 unspecified atom stereocenters. The molecule has 0 spiro atoms. The number of hydrogen-bond donors (Lipinski definition) is 1. The Morgan fingerprint density at radius 1 is 1.28 bits per heavy atom. The van der Waals surface area contributed by atoms with Gasteiger partial charge in [-0.25, -0.2) is 4.98 Å². The average Bonchev–Trinajstić information content (AvgIpc) is 2.89. The van der Waals surface area contributed by atoms with Gasteiger partial charge in [0.1, 0.15) is 18.2 Å². The highest BCUT2D eigenvalue weighted by Crippen LogP contribution is 2.38. The Kier molecular flexibility index (Phi) is 3.38. The van der Waals surface area contributed by atoms with Gasteiger partial charge in [0, 0.05) is 28.2 Å². The number of aromatic nitrogens is 1. The third-order valence-corrected chi connectivity index (χ3v) is 3.98. The smallest absolute Gasteiger partial charge is 0.163 e. The first-order valence-electron chi connectivity index (χ1n) is 5.54. The maximum Gasteiger partial charge on any atom is 0.163 e. The minimum atomic E-state index is 0.598. The molecule has 0 aliphatic carbocycles. The van der Waals surface area contributed by atoms with Crippen LogP contribution in [0.5, 0.6) is 11.5 Å². The number of nitrogens with zero attached hydrogens (tertiary/aromatic N) is 1. The zero-order chi connectivity index (χ0) is 12.4. The largest absolute Gasteiger partial charge is 0.486 e. The van der Waals surface area contributed by atoms with E-state index in [1.54, 1.807) is 17.5 Å². The zero-order valence-corrected chi connectivity index (χ0v) is 11.9. The molecule has 1 aromatic heterocycles. The predicted octanol–water partition coefficient (Wildman–Crippen LogP) is 3.29. The highest BCUT2D eigenvalue weighted by molar-refractivity contribution is 9.10. The summed E-state index contributed by atoms with van der Waals surface area (Å²) in [7, 11) is 0. The fourth-order valence-corrected chi connectivity index (χ4v) is 2.73. The second-order valence-corrected chi connectivity index (χ2v) is 5.59. The summed E-state index contributed by atoms with van der Waals surface area (Å²) < 4.78 is 12.0. The van der Waals surface area contributed by atoms with Gasteiger partial charge in [-0.05, 0) is 15.9 Å². The first kappa shape index (κ1) is 11.8. The second-order valence-electron chi connectivity index (χ2n) is 3.76. The molecule has 0 saturated carbocycles. The summed E-state index contributed by atoms with van der Waals surface area (Å²) in [5.74, 6) is 1.57. The van der Waals surface area contributed by atoms with Gasteiger partial charge in [0.05, 0.1) is 12.2 Å². The van der Waals surface area contributed by atoms with Crippen LogP contribution >= 0.6 is 27.3 Å². The van der Waals surface area contributed by atoms with Crippen LogP contribution < -0.4 is 14.8 Å². The SMILES string of the molecule is Brc1cc2c(cc1NCc1nccs1)OCCO2. The maximum atomic E-state index is 5.56. The summed E-state index contributed by atoms with van der Waals surface area (Å²) in [5.41, 5.74) is 0.981. The van der Waals surface area contributed by atoms with Crippen LogP contribution in [-0.4, -0.2) is 18.2 Å². The van der Waals surface area contributed by atoms with Gasteiger partial charge in [0.25, 0.3) is 0 Å². The number of halogens is 1. The summed E-state index contributed by atoms with van der Waals surface area (Å²) in [4.78, 5) is 4.23. The Hall–Kier alpha value is -1.27. The molecule has 94 valence electrons. The molecule has 3 rings (SSSR count). The van der Waals surface area contributed by atoms with Crippen LogP contribution in [0, 0.1) is 0 Å². The van der Waals surface area contributed by atoms with Crippen molar-refractivity contribution in [3.8, 4) is 11.5 Å². The Morgan fingerprint density at radius 3 is 2.78 bits per heavy atom. The molecule has 18 heavy (non-hydrogen) atoms. The highest BCUT2D eigenvalue weighted by Gasteiger charge is 2.14. The van der Waals surface area contributed by atoms with Crippen molar-refractivity contribution in [2.75, 3.05) is 18.5 Å². The van der Waals surface area contributed by atoms with E-state index in [0.29, 0.717) is 19.8 Å². The average molecular weight is 327 g/mol. The van der Waals surface area contributed by atoms with E-state index >= 15 is 0 Å². The van der Waals surface area contributed by atoms with Crippen molar-refractivity contribution in [2.45, 2.75) is 6.54 Å². The Labute approximate surface area is 117 Å². The molecular formula is C12H11BrN2O2S. The van der Waals surface area contributed by atoms with E-state index in [4.69, 9.17) is 9.47 Å². The molecule has 1 aliphatic heterocycles. The van der Waals surface area contributed by atoms with E-state index in [1.807, 2.05) is 17.5 Å². The lowest BCUT2D eigenvalue weighted by molar-refractivity contribution is 0.171. The van der Waals surface area contributed by atoms with Crippen LogP contribution in [-0.2, 0) is 6.54 Å². The van der Waals surface area contributed by atoms with Crippen LogP contribution in [0.15, 0.2) is 28.2 Å². The molecule has 6 heteroatoms. The monoisotopic (exact) mass is 326 g/mol. The van der Waals surface area contributed by atoms with Gasteiger partial charge in [-0.2, -0.15) is 0 Å². The van der Waals surface area contributed by atoms with Crippen molar-refractivity contribution in [3.05, 3.63) is 33.2 Å². The van der Waals surface area contributed by atoms with Gasteiger partial charge in [-0.1, -0.05) is 0 Å². The van der Waals surface area contributed by atoms with Crippen molar-refractivity contribution in [1.82, 2.24) is 4.98 Å². The van der Waals surface area contributed by atoms with Crippen molar-refractivity contribution in [2.24, 2.45) is 0 Å². The van der Waals surface area contributed by atoms with Gasteiger partial charge in [-0.15, -0.1) is 11.3 Å². The molecule has 0 bridgehead atoms. The number of hydrogen-bond acceptors (Lipinski definition) is 5. The standard InChI is InChI=1S/C12H11BrN2O2S/c13-8-5-10-11(17-3-2-16-10)6-9(8)15-7-12-14-1-4-18-12/h1,4-6,15H,2-3,7H2. The van der Waals surface area contributed by atoms with E-state index in [2.05, 4.69) is 26.2 Å². The molecule has 2 heterocycles. The molecule has 0 amide bonds. The van der Waals surface area contributed by atoms with Gasteiger partial charge < -0.3 is 14.8 Å². The molecule has 2 aromatic rings. The lowest BCUT2D eigenvalue weighted by atomic mass is 10.2. The Balaban J connectivity index is 1.79. The lowest BCUT2D eigenvalue weighted by Gasteiger charge is -2.20. The molecule has 1 aliphatic rings. The number of rotatable bonds is 3. The first-order valence-corrected chi connectivity index (χ1v) is 7.21. The second kappa shape index (κ2) is 5.16. The maximum absolute atomic E-state index is 5.56. The number of thiazole rings is 1. The van der Waals surface area contributed by atoms with E-state index in [-0.39, 0.29) is 0 Å². The normalized spacial score (nSPS) is 13.4. The summed E-state index contributed by atoms with van der Waals surface area (Å²) in [5, 5.41) is 6.35. The third-order valence-electron chi connectivity index (χ3n) is 2.55. The van der Waals surface area contributed by atoms with Crippen LogP contribution in [0.4, 0.5) is 5.69 Å². The van der Waals surface area contributed by atoms with E-state index in [1.165, 1.54) is 0 Å². The Bertz CT molecular complexity index is 545. The number of anilines is 1. The molecule has 0 atom stereocenters. The van der Waals surface area contributed by atoms with Crippen LogP contribution in [0.25, 0.3) is 0 Å². The molecule has 0 saturated heterocycles. The van der Waals surface area contributed by atoms with E-state index in [9.17, 15) is 0 Å². The van der Waals surface area contributed by atoms with E-state index < -0.39 is 0 Å². The molecular weight excluding hydrogens is 316 g/mol. The minimum absolute atomic E-state index is 0.598. The van der Waals surface area contributed by atoms with Gasteiger partial charge in [0.15, 0.2) is 11.5 Å². The van der Waals surface area contributed by atoms with Gasteiger partial charge >= 0.3 is 0 Å². The predicted molar refractivity (Wildman–Crippen MR) is 74.6 cm³/mol. The van der Waals surface area contributed by atoms with E-state index in [0.717, 1.165) is 26.7 Å². The topological polar surface area (TPSA) is 43.4 Å². The summed E-state index contributed by atoms with van der Waals surface area (Å²) in [6.07, 6.45) is 1.81. The molecule has 0 radical (unpaired) electrons. The van der Waals surface area contributed by atoms with Crippen molar-refractivity contribution >= 4 is 33.0 Å². The summed E-state index contributed by atoms with van der Waals surface area (Å²) >= 11 is 5.16. The first-order chi connectivity index (χ1) is 8.83. The van der Waals surface area contributed by atoms with Gasteiger partial charge in [-0.3, -0.25) is 0 Å². The zero-order valence-electron chi connectivity index (χ0n) is 9.48. The minimum Gasteiger partial charge on any atom is -0.486 e. The van der Waals surface area contributed by atoms with Crippen LogP contribution in [0.2, 0.25) is 0 Å². The van der Waals surface area contributed by atoms with Crippen molar-refractivity contribution < 1.29 is 9.47 Å². The summed E-state index contributed by atoms with van der Waals surface area (Å²) in [6, 6.07) is 3.88. The fourth-order valence-electron chi connectivity index (χ4n) is 1.71. The van der Waals surface area contributed by atoms with Crippen LogP contribution in [0.3, 0.4) is 0 Å². The van der Waals surface area contributed by atoms with Gasteiger partial charge in [0.2, 0.25) is 0 Å². The number of benzene rings is 1. The molecule has 1 aromatic carbocycles. The number of fused-ring (bicyclic) bond motifs is 1. The third kappa shape index (κ3) is 2.44. The van der Waals surface area contributed by atoms with Crippen molar-refractivity contribution in [3.63, 3.8) is 0 Å².